The third-order valence-corrected chi connectivity index (χ3v) is 2.26. The Hall–Kier alpha value is -1.59. The third kappa shape index (κ3) is 20.4. The molecule has 3 amide bonds. The van der Waals surface area contributed by atoms with E-state index in [1.165, 1.54) is 11.9 Å². The summed E-state index contributed by atoms with van der Waals surface area (Å²) in [5, 5.41) is 5.06. The first kappa shape index (κ1) is 30.3. The molecule has 2 N–H and O–H groups in total. The van der Waals surface area contributed by atoms with Crippen molar-refractivity contribution in [2.75, 3.05) is 26.7 Å². The van der Waals surface area contributed by atoms with Gasteiger partial charge in [-0.3, -0.25) is 14.4 Å². The van der Waals surface area contributed by atoms with Crippen LogP contribution < -0.4 is 10.6 Å². The van der Waals surface area contributed by atoms with Crippen LogP contribution >= 0.6 is 0 Å². The molecule has 146 valence electrons. The first-order valence-electron chi connectivity index (χ1n) is 9.15. The number of carbonyl (C=O) groups is 3. The van der Waals surface area contributed by atoms with Gasteiger partial charge in [0.2, 0.25) is 17.7 Å². The van der Waals surface area contributed by atoms with Crippen LogP contribution in [0.2, 0.25) is 0 Å². The highest BCUT2D eigenvalue weighted by Crippen LogP contribution is 2.04. The second-order valence-corrected chi connectivity index (χ2v) is 4.47. The highest BCUT2D eigenvalue weighted by Gasteiger charge is 2.20. The normalized spacial score (nSPS) is 8.29. The van der Waals surface area contributed by atoms with Gasteiger partial charge < -0.3 is 15.5 Å². The molecule has 0 aromatic rings. The van der Waals surface area contributed by atoms with Crippen LogP contribution in [-0.4, -0.2) is 49.3 Å². The van der Waals surface area contributed by atoms with Crippen molar-refractivity contribution < 1.29 is 14.4 Å². The Morgan fingerprint density at radius 2 is 1.29 bits per heavy atom. The summed E-state index contributed by atoms with van der Waals surface area (Å²) >= 11 is 0. The van der Waals surface area contributed by atoms with Gasteiger partial charge in [-0.25, -0.2) is 0 Å². The molecule has 0 spiro atoms. The Bertz CT molecular complexity index is 306. The second kappa shape index (κ2) is 23.7. The summed E-state index contributed by atoms with van der Waals surface area (Å²) in [5.74, 6) is -0.520. The van der Waals surface area contributed by atoms with E-state index in [4.69, 9.17) is 0 Å². The van der Waals surface area contributed by atoms with Gasteiger partial charge in [-0.15, -0.1) is 0 Å². The Morgan fingerprint density at radius 1 is 0.875 bits per heavy atom. The molecular formula is C18H41N3O3. The van der Waals surface area contributed by atoms with E-state index in [2.05, 4.69) is 10.6 Å². The molecular weight excluding hydrogens is 306 g/mol. The molecule has 0 aliphatic heterocycles. The van der Waals surface area contributed by atoms with Crippen LogP contribution in [0.4, 0.5) is 0 Å². The fraction of sp³-hybridized carbons (Fsp3) is 0.833. The van der Waals surface area contributed by atoms with Crippen molar-refractivity contribution in [1.29, 1.82) is 0 Å². The Kier molecular flexibility index (Phi) is 29.9. The monoisotopic (exact) mass is 347 g/mol. The molecule has 0 saturated carbocycles. The van der Waals surface area contributed by atoms with E-state index in [-0.39, 0.29) is 36.7 Å². The van der Waals surface area contributed by atoms with E-state index >= 15 is 0 Å². The van der Waals surface area contributed by atoms with Crippen LogP contribution in [-0.2, 0) is 14.4 Å². The molecule has 0 aromatic carbocycles. The highest BCUT2D eigenvalue weighted by molar-refractivity contribution is 5.89. The molecule has 0 aromatic heterocycles. The van der Waals surface area contributed by atoms with Gasteiger partial charge in [0.25, 0.3) is 0 Å². The number of rotatable bonds is 7. The van der Waals surface area contributed by atoms with Crippen LogP contribution in [0.25, 0.3) is 0 Å². The van der Waals surface area contributed by atoms with Gasteiger partial charge in [-0.05, 0) is 12.8 Å². The molecule has 0 fully saturated rings. The van der Waals surface area contributed by atoms with E-state index < -0.39 is 0 Å². The van der Waals surface area contributed by atoms with Crippen LogP contribution in [0, 0.1) is 5.92 Å². The van der Waals surface area contributed by atoms with Crippen LogP contribution in [0.15, 0.2) is 0 Å². The second-order valence-electron chi connectivity index (χ2n) is 4.47. The Balaban J connectivity index is -0.000000297. The van der Waals surface area contributed by atoms with Crippen molar-refractivity contribution in [2.45, 2.75) is 68.7 Å². The lowest BCUT2D eigenvalue weighted by molar-refractivity contribution is -0.139. The molecule has 0 atom stereocenters. The Morgan fingerprint density at radius 3 is 1.62 bits per heavy atom. The highest BCUT2D eigenvalue weighted by atomic mass is 16.2. The summed E-state index contributed by atoms with van der Waals surface area (Å²) in [6, 6.07) is 0. The van der Waals surface area contributed by atoms with Gasteiger partial charge in [0, 0.05) is 20.0 Å². The predicted molar refractivity (Wildman–Crippen MR) is 103 cm³/mol. The zero-order valence-electron chi connectivity index (χ0n) is 17.6. The standard InChI is InChI=1S/C12H23N3O3.3C2H6/c1-5-14-11(17)8-15(7-10(16)13-4)12(18)6-9(2)3;3*1-2/h9H,5-8H2,1-4H3,(H,13,16)(H,14,17);3*1-2H3. The quantitative estimate of drug-likeness (QED) is 0.743. The lowest BCUT2D eigenvalue weighted by Gasteiger charge is -2.22. The minimum absolute atomic E-state index is 0.0766. The molecule has 0 heterocycles. The summed E-state index contributed by atoms with van der Waals surface area (Å²) in [4.78, 5) is 36.0. The first-order chi connectivity index (χ1) is 11.4. The molecule has 0 saturated heterocycles. The van der Waals surface area contributed by atoms with Crippen LogP contribution in [0.1, 0.15) is 68.7 Å². The zero-order valence-corrected chi connectivity index (χ0v) is 17.6. The van der Waals surface area contributed by atoms with E-state index in [1.54, 1.807) is 6.92 Å². The number of nitrogens with one attached hydrogen (secondary N) is 2. The third-order valence-electron chi connectivity index (χ3n) is 2.26. The van der Waals surface area contributed by atoms with Crippen LogP contribution in [0.3, 0.4) is 0 Å². The number of amides is 3. The summed E-state index contributed by atoms with van der Waals surface area (Å²) < 4.78 is 0. The van der Waals surface area contributed by atoms with Crippen molar-refractivity contribution >= 4 is 17.7 Å². The van der Waals surface area contributed by atoms with E-state index in [1.807, 2.05) is 55.4 Å². The van der Waals surface area contributed by atoms with Crippen LogP contribution in [0.5, 0.6) is 0 Å². The smallest absolute Gasteiger partial charge is 0.239 e. The van der Waals surface area contributed by atoms with Gasteiger partial charge in [-0.1, -0.05) is 55.4 Å². The van der Waals surface area contributed by atoms with E-state index in [0.717, 1.165) is 0 Å². The van der Waals surface area contributed by atoms with Crippen molar-refractivity contribution in [3.8, 4) is 0 Å². The molecule has 0 unspecified atom stereocenters. The average molecular weight is 348 g/mol. The number of likely N-dealkylation sites (N-methyl/N-ethyl adjacent to an activating group) is 2. The van der Waals surface area contributed by atoms with Gasteiger partial charge in [0.05, 0.1) is 0 Å². The molecule has 0 aliphatic carbocycles. The molecule has 0 radical (unpaired) electrons. The maximum Gasteiger partial charge on any atom is 0.239 e. The van der Waals surface area contributed by atoms with Crippen molar-refractivity contribution in [2.24, 2.45) is 5.92 Å². The molecule has 24 heavy (non-hydrogen) atoms. The van der Waals surface area contributed by atoms with Crippen molar-refractivity contribution in [3.63, 3.8) is 0 Å². The van der Waals surface area contributed by atoms with E-state index in [9.17, 15) is 14.4 Å². The van der Waals surface area contributed by atoms with Crippen molar-refractivity contribution in [3.05, 3.63) is 0 Å². The summed E-state index contributed by atoms with van der Waals surface area (Å²) in [5.41, 5.74) is 0. The fourth-order valence-electron chi connectivity index (χ4n) is 1.39. The molecule has 0 bridgehead atoms. The predicted octanol–water partition coefficient (Wildman–Crippen LogP) is 2.82. The van der Waals surface area contributed by atoms with Crippen molar-refractivity contribution in [1.82, 2.24) is 15.5 Å². The number of hydrogen-bond acceptors (Lipinski definition) is 3. The summed E-state index contributed by atoms with van der Waals surface area (Å²) in [6.07, 6.45) is 0.330. The molecule has 6 nitrogen and oxygen atoms in total. The van der Waals surface area contributed by atoms with E-state index in [0.29, 0.717) is 13.0 Å². The van der Waals surface area contributed by atoms with Gasteiger partial charge in [0.15, 0.2) is 0 Å². The summed E-state index contributed by atoms with van der Waals surface area (Å²) in [6.45, 7) is 18.0. The number of nitrogens with zero attached hydrogens (tertiary/aromatic N) is 1. The number of hydrogen-bond donors (Lipinski definition) is 2. The SMILES string of the molecule is CC.CC.CC.CCNC(=O)CN(CC(=O)NC)C(=O)CC(C)C. The maximum absolute atomic E-state index is 11.9. The summed E-state index contributed by atoms with van der Waals surface area (Å²) in [7, 11) is 1.50. The van der Waals surface area contributed by atoms with Gasteiger partial charge >= 0.3 is 0 Å². The largest absolute Gasteiger partial charge is 0.358 e. The minimum Gasteiger partial charge on any atom is -0.358 e. The number of carbonyl (C=O) groups excluding carboxylic acids is 3. The lowest BCUT2D eigenvalue weighted by atomic mass is 10.1. The molecule has 0 aliphatic rings. The first-order valence-corrected chi connectivity index (χ1v) is 9.15. The zero-order chi connectivity index (χ0) is 20.1. The Labute approximate surface area is 149 Å². The topological polar surface area (TPSA) is 78.5 Å². The fourth-order valence-corrected chi connectivity index (χ4v) is 1.39. The minimum atomic E-state index is -0.281. The lowest BCUT2D eigenvalue weighted by Crippen LogP contribution is -2.45. The maximum atomic E-state index is 11.9. The van der Waals surface area contributed by atoms with Gasteiger partial charge in [0.1, 0.15) is 13.1 Å². The average Bonchev–Trinajstić information content (AvgIpc) is 2.59. The molecule has 6 heteroatoms. The molecule has 0 rings (SSSR count). The van der Waals surface area contributed by atoms with Gasteiger partial charge in [-0.2, -0.15) is 0 Å².